The fourth-order valence-electron chi connectivity index (χ4n) is 1.36. The molecule has 0 spiro atoms. The van der Waals surface area contributed by atoms with Crippen molar-refractivity contribution in [1.29, 1.82) is 5.26 Å². The average molecular weight is 206 g/mol. The molecule has 15 heavy (non-hydrogen) atoms. The molecule has 0 aliphatic carbocycles. The molecule has 0 fully saturated rings. The number of hydrogen-bond donors (Lipinski definition) is 0. The van der Waals surface area contributed by atoms with Gasteiger partial charge in [-0.25, -0.2) is 4.39 Å². The van der Waals surface area contributed by atoms with Gasteiger partial charge in [0, 0.05) is 19.2 Å². The molecule has 0 aliphatic heterocycles. The largest absolute Gasteiger partial charge is 0.371 e. The summed E-state index contributed by atoms with van der Waals surface area (Å²) in [5.74, 6) is -0.444. The van der Waals surface area contributed by atoms with Crippen LogP contribution in [0.25, 0.3) is 0 Å². The summed E-state index contributed by atoms with van der Waals surface area (Å²) in [5, 5.41) is 8.42. The van der Waals surface area contributed by atoms with Gasteiger partial charge in [-0.3, -0.25) is 4.79 Å². The zero-order valence-corrected chi connectivity index (χ0v) is 8.40. The van der Waals surface area contributed by atoms with Gasteiger partial charge in [0.25, 0.3) is 0 Å². The number of para-hydroxylation sites is 1. The van der Waals surface area contributed by atoms with Crippen LogP contribution in [0.1, 0.15) is 16.8 Å². The molecule has 78 valence electrons. The van der Waals surface area contributed by atoms with Gasteiger partial charge in [-0.05, 0) is 12.1 Å². The van der Waals surface area contributed by atoms with E-state index in [0.29, 0.717) is 24.8 Å². The Hall–Kier alpha value is -1.89. The maximum Gasteiger partial charge on any atom is 0.152 e. The van der Waals surface area contributed by atoms with Crippen molar-refractivity contribution in [2.24, 2.45) is 0 Å². The average Bonchev–Trinajstić information content (AvgIpc) is 2.25. The Morgan fingerprint density at radius 1 is 1.60 bits per heavy atom. The molecule has 0 aromatic heterocycles. The van der Waals surface area contributed by atoms with Crippen molar-refractivity contribution in [2.75, 3.05) is 18.5 Å². The van der Waals surface area contributed by atoms with Crippen LogP contribution in [0.4, 0.5) is 10.1 Å². The number of nitrogens with zero attached hydrogens (tertiary/aromatic N) is 2. The van der Waals surface area contributed by atoms with Crippen molar-refractivity contribution in [2.45, 2.75) is 6.42 Å². The number of carbonyl (C=O) groups is 1. The fraction of sp³-hybridized carbons (Fsp3) is 0.273. The van der Waals surface area contributed by atoms with Crippen LogP contribution in [-0.2, 0) is 0 Å². The van der Waals surface area contributed by atoms with Crippen LogP contribution in [0.15, 0.2) is 18.2 Å². The molecule has 0 saturated heterocycles. The summed E-state index contributed by atoms with van der Waals surface area (Å²) in [5.41, 5.74) is 0.554. The molecular formula is C11H11FN2O. The van der Waals surface area contributed by atoms with Gasteiger partial charge in [-0.1, -0.05) is 6.07 Å². The van der Waals surface area contributed by atoms with Crippen LogP contribution < -0.4 is 4.90 Å². The Balaban J connectivity index is 3.01. The third kappa shape index (κ3) is 2.53. The molecule has 1 rings (SSSR count). The first-order valence-electron chi connectivity index (χ1n) is 4.52. The highest BCUT2D eigenvalue weighted by molar-refractivity contribution is 5.84. The molecule has 0 aliphatic rings. The number of nitriles is 1. The smallest absolute Gasteiger partial charge is 0.152 e. The Bertz CT molecular complexity index is 398. The van der Waals surface area contributed by atoms with Gasteiger partial charge in [0.1, 0.15) is 5.82 Å². The normalized spacial score (nSPS) is 9.40. The molecule has 0 saturated carbocycles. The number of aldehydes is 1. The summed E-state index contributed by atoms with van der Waals surface area (Å²) in [6.07, 6.45) is 0.907. The van der Waals surface area contributed by atoms with Crippen molar-refractivity contribution in [3.63, 3.8) is 0 Å². The molecule has 1 aromatic rings. The lowest BCUT2D eigenvalue weighted by Crippen LogP contribution is -2.20. The van der Waals surface area contributed by atoms with Crippen molar-refractivity contribution in [3.05, 3.63) is 29.6 Å². The molecule has 0 heterocycles. The number of halogens is 1. The van der Waals surface area contributed by atoms with Crippen LogP contribution in [0, 0.1) is 17.1 Å². The van der Waals surface area contributed by atoms with E-state index in [2.05, 4.69) is 0 Å². The summed E-state index contributed by atoms with van der Waals surface area (Å²) < 4.78 is 13.4. The lowest BCUT2D eigenvalue weighted by atomic mass is 10.1. The van der Waals surface area contributed by atoms with E-state index in [4.69, 9.17) is 5.26 Å². The maximum absolute atomic E-state index is 13.4. The second-order valence-electron chi connectivity index (χ2n) is 3.13. The standard InChI is InChI=1S/C11H11FN2O/c1-14(7-3-6-13)11-9(8-15)4-2-5-10(11)12/h2,4-5,8H,3,7H2,1H3. The van der Waals surface area contributed by atoms with E-state index < -0.39 is 5.82 Å². The quantitative estimate of drug-likeness (QED) is 0.707. The van der Waals surface area contributed by atoms with Gasteiger partial charge < -0.3 is 4.90 Å². The minimum atomic E-state index is -0.444. The number of carbonyl (C=O) groups excluding carboxylic acids is 1. The highest BCUT2D eigenvalue weighted by atomic mass is 19.1. The molecule has 4 heteroatoms. The molecule has 0 unspecified atom stereocenters. The molecular weight excluding hydrogens is 195 g/mol. The summed E-state index contributed by atoms with van der Waals surface area (Å²) >= 11 is 0. The van der Waals surface area contributed by atoms with Crippen LogP contribution >= 0.6 is 0 Å². The summed E-state index contributed by atoms with van der Waals surface area (Å²) in [6.45, 7) is 0.401. The lowest BCUT2D eigenvalue weighted by molar-refractivity contribution is 0.112. The Kier molecular flexibility index (Phi) is 3.81. The van der Waals surface area contributed by atoms with Gasteiger partial charge in [0.05, 0.1) is 18.2 Å². The Morgan fingerprint density at radius 2 is 2.33 bits per heavy atom. The lowest BCUT2D eigenvalue weighted by Gasteiger charge is -2.19. The van der Waals surface area contributed by atoms with Gasteiger partial charge in [-0.2, -0.15) is 5.26 Å². The molecule has 0 atom stereocenters. The van der Waals surface area contributed by atoms with E-state index in [1.807, 2.05) is 6.07 Å². The van der Waals surface area contributed by atoms with Gasteiger partial charge >= 0.3 is 0 Å². The summed E-state index contributed by atoms with van der Waals surface area (Å²) in [6, 6.07) is 6.31. The zero-order valence-electron chi connectivity index (χ0n) is 8.40. The predicted molar refractivity (Wildman–Crippen MR) is 55.3 cm³/mol. The Morgan fingerprint density at radius 3 is 2.93 bits per heavy atom. The van der Waals surface area contributed by atoms with Gasteiger partial charge in [-0.15, -0.1) is 0 Å². The van der Waals surface area contributed by atoms with Gasteiger partial charge in [0.15, 0.2) is 6.29 Å². The molecule has 0 N–H and O–H groups in total. The molecule has 1 aromatic carbocycles. The number of anilines is 1. The molecule has 0 radical (unpaired) electrons. The van der Waals surface area contributed by atoms with E-state index in [1.165, 1.54) is 12.1 Å². The zero-order chi connectivity index (χ0) is 11.3. The van der Waals surface area contributed by atoms with E-state index >= 15 is 0 Å². The van der Waals surface area contributed by atoms with Crippen LogP contribution in [0.5, 0.6) is 0 Å². The third-order valence-electron chi connectivity index (χ3n) is 2.09. The number of hydrogen-bond acceptors (Lipinski definition) is 3. The molecule has 0 amide bonds. The Labute approximate surface area is 87.7 Å². The van der Waals surface area contributed by atoms with Crippen molar-refractivity contribution < 1.29 is 9.18 Å². The van der Waals surface area contributed by atoms with E-state index in [1.54, 1.807) is 18.0 Å². The first-order valence-corrected chi connectivity index (χ1v) is 4.52. The highest BCUT2D eigenvalue weighted by Crippen LogP contribution is 2.21. The second kappa shape index (κ2) is 5.11. The second-order valence-corrected chi connectivity index (χ2v) is 3.13. The monoisotopic (exact) mass is 206 g/mol. The van der Waals surface area contributed by atoms with Crippen molar-refractivity contribution >= 4 is 12.0 Å². The molecule has 0 bridgehead atoms. The highest BCUT2D eigenvalue weighted by Gasteiger charge is 2.11. The minimum Gasteiger partial charge on any atom is -0.371 e. The van der Waals surface area contributed by atoms with E-state index in [9.17, 15) is 9.18 Å². The van der Waals surface area contributed by atoms with Crippen LogP contribution in [-0.4, -0.2) is 19.9 Å². The van der Waals surface area contributed by atoms with E-state index in [0.717, 1.165) is 0 Å². The van der Waals surface area contributed by atoms with Crippen LogP contribution in [0.3, 0.4) is 0 Å². The minimum absolute atomic E-state index is 0.253. The maximum atomic E-state index is 13.4. The predicted octanol–water partition coefficient (Wildman–Crippen LogP) is 1.99. The number of rotatable bonds is 4. The summed E-state index contributed by atoms with van der Waals surface area (Å²) in [4.78, 5) is 12.3. The molecule has 3 nitrogen and oxygen atoms in total. The summed E-state index contributed by atoms with van der Waals surface area (Å²) in [7, 11) is 1.66. The third-order valence-corrected chi connectivity index (χ3v) is 2.09. The van der Waals surface area contributed by atoms with Crippen LogP contribution in [0.2, 0.25) is 0 Å². The first-order chi connectivity index (χ1) is 7.20. The van der Waals surface area contributed by atoms with Crippen molar-refractivity contribution in [1.82, 2.24) is 0 Å². The van der Waals surface area contributed by atoms with Gasteiger partial charge in [0.2, 0.25) is 0 Å². The SMILES string of the molecule is CN(CCC#N)c1c(F)cccc1C=O. The first kappa shape index (κ1) is 11.2. The van der Waals surface area contributed by atoms with E-state index in [-0.39, 0.29) is 5.69 Å². The fourth-order valence-corrected chi connectivity index (χ4v) is 1.36. The number of benzene rings is 1. The van der Waals surface area contributed by atoms with Crippen molar-refractivity contribution in [3.8, 4) is 6.07 Å². The topological polar surface area (TPSA) is 44.1 Å².